The SMILES string of the molecule is COc1ccc(N(C)CCNC2CCCC2)cc1. The zero-order valence-corrected chi connectivity index (χ0v) is 11.5. The number of nitrogens with zero attached hydrogens (tertiary/aromatic N) is 1. The molecule has 0 aromatic heterocycles. The Labute approximate surface area is 110 Å². The maximum Gasteiger partial charge on any atom is 0.119 e. The molecule has 0 atom stereocenters. The van der Waals surface area contributed by atoms with Crippen molar-refractivity contribution < 1.29 is 4.74 Å². The summed E-state index contributed by atoms with van der Waals surface area (Å²) in [7, 11) is 3.84. The maximum absolute atomic E-state index is 5.17. The Morgan fingerprint density at radius 2 is 1.89 bits per heavy atom. The molecule has 0 amide bonds. The Hall–Kier alpha value is -1.22. The zero-order valence-electron chi connectivity index (χ0n) is 11.5. The average molecular weight is 248 g/mol. The first kappa shape index (κ1) is 13.2. The van der Waals surface area contributed by atoms with Gasteiger partial charge in [0.1, 0.15) is 5.75 Å². The average Bonchev–Trinajstić information content (AvgIpc) is 2.92. The minimum Gasteiger partial charge on any atom is -0.497 e. The van der Waals surface area contributed by atoms with E-state index in [-0.39, 0.29) is 0 Å². The lowest BCUT2D eigenvalue weighted by Crippen LogP contribution is -2.34. The third kappa shape index (κ3) is 3.64. The number of methoxy groups -OCH3 is 1. The Bertz CT molecular complexity index is 344. The van der Waals surface area contributed by atoms with Crippen LogP contribution >= 0.6 is 0 Å². The summed E-state index contributed by atoms with van der Waals surface area (Å²) >= 11 is 0. The van der Waals surface area contributed by atoms with Gasteiger partial charge < -0.3 is 15.0 Å². The van der Waals surface area contributed by atoms with Gasteiger partial charge in [-0.25, -0.2) is 0 Å². The molecule has 18 heavy (non-hydrogen) atoms. The van der Waals surface area contributed by atoms with E-state index in [1.54, 1.807) is 7.11 Å². The van der Waals surface area contributed by atoms with Gasteiger partial charge in [0.2, 0.25) is 0 Å². The fourth-order valence-corrected chi connectivity index (χ4v) is 2.53. The highest BCUT2D eigenvalue weighted by molar-refractivity contribution is 5.48. The summed E-state index contributed by atoms with van der Waals surface area (Å²) in [5.41, 5.74) is 1.24. The summed E-state index contributed by atoms with van der Waals surface area (Å²) in [6.45, 7) is 2.11. The van der Waals surface area contributed by atoms with Gasteiger partial charge in [0.15, 0.2) is 0 Å². The van der Waals surface area contributed by atoms with Gasteiger partial charge in [0, 0.05) is 31.9 Å². The molecule has 1 N–H and O–H groups in total. The van der Waals surface area contributed by atoms with E-state index in [2.05, 4.69) is 29.4 Å². The molecule has 0 bridgehead atoms. The first-order valence-electron chi connectivity index (χ1n) is 6.88. The highest BCUT2D eigenvalue weighted by Gasteiger charge is 2.13. The van der Waals surface area contributed by atoms with Crippen LogP contribution < -0.4 is 15.0 Å². The topological polar surface area (TPSA) is 24.5 Å². The van der Waals surface area contributed by atoms with Crippen molar-refractivity contribution in [3.05, 3.63) is 24.3 Å². The van der Waals surface area contributed by atoms with Crippen LogP contribution in [-0.2, 0) is 0 Å². The molecular formula is C15H24N2O. The van der Waals surface area contributed by atoms with Crippen LogP contribution in [0.1, 0.15) is 25.7 Å². The van der Waals surface area contributed by atoms with E-state index >= 15 is 0 Å². The molecule has 1 aliphatic carbocycles. The summed E-state index contributed by atoms with van der Waals surface area (Å²) in [4.78, 5) is 2.28. The van der Waals surface area contributed by atoms with Crippen molar-refractivity contribution in [2.24, 2.45) is 0 Å². The molecule has 1 aliphatic rings. The van der Waals surface area contributed by atoms with Crippen LogP contribution in [0.25, 0.3) is 0 Å². The van der Waals surface area contributed by atoms with Crippen molar-refractivity contribution in [3.63, 3.8) is 0 Å². The number of nitrogens with one attached hydrogen (secondary N) is 1. The largest absolute Gasteiger partial charge is 0.497 e. The number of hydrogen-bond donors (Lipinski definition) is 1. The lowest BCUT2D eigenvalue weighted by Gasteiger charge is -2.21. The van der Waals surface area contributed by atoms with Gasteiger partial charge in [0.05, 0.1) is 7.11 Å². The number of ether oxygens (including phenoxy) is 1. The third-order valence-corrected chi connectivity index (χ3v) is 3.75. The number of anilines is 1. The second-order valence-corrected chi connectivity index (χ2v) is 5.06. The number of hydrogen-bond acceptors (Lipinski definition) is 3. The Balaban J connectivity index is 1.74. The molecule has 0 saturated heterocycles. The van der Waals surface area contributed by atoms with Crippen molar-refractivity contribution in [1.82, 2.24) is 5.32 Å². The minimum absolute atomic E-state index is 0.759. The smallest absolute Gasteiger partial charge is 0.119 e. The first-order valence-corrected chi connectivity index (χ1v) is 6.88. The summed E-state index contributed by atoms with van der Waals surface area (Å²) in [6.07, 6.45) is 5.50. The van der Waals surface area contributed by atoms with Crippen LogP contribution in [0.4, 0.5) is 5.69 Å². The second kappa shape index (κ2) is 6.64. The van der Waals surface area contributed by atoms with E-state index in [1.807, 2.05) is 12.1 Å². The Kier molecular flexibility index (Phi) is 4.88. The summed E-state index contributed by atoms with van der Waals surface area (Å²) in [5.74, 6) is 0.913. The van der Waals surface area contributed by atoms with E-state index < -0.39 is 0 Å². The molecule has 0 spiro atoms. The van der Waals surface area contributed by atoms with Gasteiger partial charge in [-0.15, -0.1) is 0 Å². The summed E-state index contributed by atoms with van der Waals surface area (Å²) in [6, 6.07) is 8.99. The molecule has 1 aromatic carbocycles. The van der Waals surface area contributed by atoms with Gasteiger partial charge in [-0.2, -0.15) is 0 Å². The van der Waals surface area contributed by atoms with Crippen LogP contribution in [0.15, 0.2) is 24.3 Å². The van der Waals surface area contributed by atoms with Gasteiger partial charge in [-0.05, 0) is 37.1 Å². The summed E-state index contributed by atoms with van der Waals surface area (Å²) < 4.78 is 5.17. The molecule has 1 aromatic rings. The van der Waals surface area contributed by atoms with Crippen LogP contribution in [0, 0.1) is 0 Å². The predicted octanol–water partition coefficient (Wildman–Crippen LogP) is 2.66. The maximum atomic E-state index is 5.17. The van der Waals surface area contributed by atoms with E-state index in [1.165, 1.54) is 31.4 Å². The van der Waals surface area contributed by atoms with Crippen molar-refractivity contribution in [1.29, 1.82) is 0 Å². The third-order valence-electron chi connectivity index (χ3n) is 3.75. The van der Waals surface area contributed by atoms with Crippen molar-refractivity contribution >= 4 is 5.69 Å². The van der Waals surface area contributed by atoms with E-state index in [0.29, 0.717) is 0 Å². The first-order chi connectivity index (χ1) is 8.79. The van der Waals surface area contributed by atoms with Crippen molar-refractivity contribution in [3.8, 4) is 5.75 Å². The highest BCUT2D eigenvalue weighted by atomic mass is 16.5. The van der Waals surface area contributed by atoms with Crippen LogP contribution in [0.2, 0.25) is 0 Å². The number of rotatable bonds is 6. The number of benzene rings is 1. The van der Waals surface area contributed by atoms with Crippen LogP contribution in [0.3, 0.4) is 0 Å². The molecule has 0 aliphatic heterocycles. The van der Waals surface area contributed by atoms with Crippen LogP contribution in [0.5, 0.6) is 5.75 Å². The Morgan fingerprint density at radius 3 is 2.50 bits per heavy atom. The second-order valence-electron chi connectivity index (χ2n) is 5.06. The monoisotopic (exact) mass is 248 g/mol. The fourth-order valence-electron chi connectivity index (χ4n) is 2.53. The molecule has 2 rings (SSSR count). The lowest BCUT2D eigenvalue weighted by molar-refractivity contribution is 0.415. The minimum atomic E-state index is 0.759. The van der Waals surface area contributed by atoms with E-state index in [9.17, 15) is 0 Å². The van der Waals surface area contributed by atoms with E-state index in [0.717, 1.165) is 24.9 Å². The van der Waals surface area contributed by atoms with Gasteiger partial charge >= 0.3 is 0 Å². The molecule has 0 radical (unpaired) electrons. The molecule has 100 valence electrons. The number of likely N-dealkylation sites (N-methyl/N-ethyl adjacent to an activating group) is 1. The predicted molar refractivity (Wildman–Crippen MR) is 76.5 cm³/mol. The van der Waals surface area contributed by atoms with Crippen LogP contribution in [-0.4, -0.2) is 33.3 Å². The van der Waals surface area contributed by atoms with Crippen molar-refractivity contribution in [2.75, 3.05) is 32.1 Å². The standard InChI is InChI=1S/C15H24N2O/c1-17(12-11-16-13-5-3-4-6-13)14-7-9-15(18-2)10-8-14/h7-10,13,16H,3-6,11-12H2,1-2H3. The highest BCUT2D eigenvalue weighted by Crippen LogP contribution is 2.19. The van der Waals surface area contributed by atoms with Crippen molar-refractivity contribution in [2.45, 2.75) is 31.7 Å². The molecule has 3 nitrogen and oxygen atoms in total. The molecular weight excluding hydrogens is 224 g/mol. The lowest BCUT2D eigenvalue weighted by atomic mass is 10.2. The molecule has 3 heteroatoms. The molecule has 0 heterocycles. The quantitative estimate of drug-likeness (QED) is 0.837. The zero-order chi connectivity index (χ0) is 12.8. The van der Waals surface area contributed by atoms with E-state index in [4.69, 9.17) is 4.74 Å². The molecule has 1 saturated carbocycles. The van der Waals surface area contributed by atoms with Gasteiger partial charge in [-0.3, -0.25) is 0 Å². The normalized spacial score (nSPS) is 15.9. The summed E-state index contributed by atoms with van der Waals surface area (Å²) in [5, 5.41) is 3.64. The van der Waals surface area contributed by atoms with Gasteiger partial charge in [0.25, 0.3) is 0 Å². The van der Waals surface area contributed by atoms with Gasteiger partial charge in [-0.1, -0.05) is 12.8 Å². The molecule has 1 fully saturated rings. The molecule has 0 unspecified atom stereocenters. The fraction of sp³-hybridized carbons (Fsp3) is 0.600. The Morgan fingerprint density at radius 1 is 1.22 bits per heavy atom.